The Morgan fingerprint density at radius 1 is 1.11 bits per heavy atom. The Hall–Kier alpha value is -3.16. The number of hydrogen-bond donors (Lipinski definition) is 2. The maximum Gasteiger partial charge on any atom is 0.332 e. The van der Waals surface area contributed by atoms with Crippen LogP contribution in [0, 0.1) is 0 Å². The Bertz CT molecular complexity index is 1090. The summed E-state index contributed by atoms with van der Waals surface area (Å²) in [5, 5.41) is 9.87. The number of fused-ring (bicyclic) bond motifs is 1. The van der Waals surface area contributed by atoms with Crippen LogP contribution < -0.4 is 16.6 Å². The van der Waals surface area contributed by atoms with E-state index in [4.69, 9.17) is 0 Å². The molecule has 0 atom stereocenters. The van der Waals surface area contributed by atoms with Gasteiger partial charge in [0.2, 0.25) is 5.91 Å². The van der Waals surface area contributed by atoms with Crippen molar-refractivity contribution in [2.24, 2.45) is 14.1 Å². The molecule has 0 fully saturated rings. The number of benzene rings is 1. The third-order valence-corrected chi connectivity index (χ3v) is 4.74. The summed E-state index contributed by atoms with van der Waals surface area (Å²) >= 11 is 0. The molecule has 0 aliphatic carbocycles. The number of amides is 1. The molecule has 8 heteroatoms. The summed E-state index contributed by atoms with van der Waals surface area (Å²) in [7, 11) is 2.95. The molecular formula is C19H23N5O3. The highest BCUT2D eigenvalue weighted by atomic mass is 16.2. The van der Waals surface area contributed by atoms with E-state index in [0.29, 0.717) is 12.2 Å². The van der Waals surface area contributed by atoms with Crippen molar-refractivity contribution in [3.05, 3.63) is 61.9 Å². The zero-order valence-electron chi connectivity index (χ0n) is 15.7. The Labute approximate surface area is 155 Å². The van der Waals surface area contributed by atoms with E-state index in [1.54, 1.807) is 7.05 Å². The lowest BCUT2D eigenvalue weighted by Crippen LogP contribution is -2.37. The van der Waals surface area contributed by atoms with Crippen molar-refractivity contribution in [2.75, 3.05) is 6.54 Å². The number of aromatic nitrogens is 4. The van der Waals surface area contributed by atoms with Crippen molar-refractivity contribution in [1.82, 2.24) is 24.6 Å². The lowest BCUT2D eigenvalue weighted by Gasteiger charge is -2.06. The molecule has 0 radical (unpaired) electrons. The van der Waals surface area contributed by atoms with E-state index in [2.05, 4.69) is 46.7 Å². The van der Waals surface area contributed by atoms with E-state index < -0.39 is 11.2 Å². The summed E-state index contributed by atoms with van der Waals surface area (Å²) in [5.74, 6) is -0.207. The number of H-pyrrole nitrogens is 1. The van der Waals surface area contributed by atoms with Gasteiger partial charge in [-0.15, -0.1) is 0 Å². The minimum Gasteiger partial charge on any atom is -0.355 e. The molecule has 3 rings (SSSR count). The first-order chi connectivity index (χ1) is 12.9. The van der Waals surface area contributed by atoms with E-state index in [1.807, 2.05) is 0 Å². The molecule has 0 saturated carbocycles. The van der Waals surface area contributed by atoms with Crippen LogP contribution in [0.2, 0.25) is 0 Å². The van der Waals surface area contributed by atoms with Crippen molar-refractivity contribution >= 4 is 16.9 Å². The average molecular weight is 369 g/mol. The Morgan fingerprint density at radius 3 is 2.44 bits per heavy atom. The molecule has 3 aromatic rings. The highest BCUT2D eigenvalue weighted by Gasteiger charge is 2.17. The number of hydrogen-bond acceptors (Lipinski definition) is 4. The second-order valence-corrected chi connectivity index (χ2v) is 6.55. The third kappa shape index (κ3) is 3.69. The fourth-order valence-corrected chi connectivity index (χ4v) is 3.04. The molecule has 0 aliphatic heterocycles. The molecule has 1 amide bonds. The van der Waals surface area contributed by atoms with E-state index >= 15 is 0 Å². The van der Waals surface area contributed by atoms with E-state index in [9.17, 15) is 14.4 Å². The summed E-state index contributed by atoms with van der Waals surface area (Å²) < 4.78 is 2.30. The Balaban J connectivity index is 1.67. The SMILES string of the molecule is CCc1ccc(CCNC(=O)Cc2[nH]nc3c2c(=O)n(C)c(=O)n3C)cc1. The lowest BCUT2D eigenvalue weighted by atomic mass is 10.1. The molecule has 0 saturated heterocycles. The minimum absolute atomic E-state index is 0.00127. The molecule has 27 heavy (non-hydrogen) atoms. The molecule has 0 bridgehead atoms. The van der Waals surface area contributed by atoms with Crippen molar-refractivity contribution in [3.63, 3.8) is 0 Å². The second kappa shape index (κ2) is 7.61. The van der Waals surface area contributed by atoms with Crippen molar-refractivity contribution in [2.45, 2.75) is 26.2 Å². The number of nitrogens with zero attached hydrogens (tertiary/aromatic N) is 3. The van der Waals surface area contributed by atoms with Gasteiger partial charge in [0.25, 0.3) is 5.56 Å². The standard InChI is InChI=1S/C19H23N5O3/c1-4-12-5-7-13(8-6-12)9-10-20-15(25)11-14-16-17(22-21-14)23(2)19(27)24(3)18(16)26/h5-8H,4,9-11H2,1-3H3,(H,20,25)(H,21,22). The van der Waals surface area contributed by atoms with Gasteiger partial charge in [0, 0.05) is 20.6 Å². The number of aryl methyl sites for hydroxylation is 2. The molecule has 8 nitrogen and oxygen atoms in total. The predicted octanol–water partition coefficient (Wildman–Crippen LogP) is 0.424. The third-order valence-electron chi connectivity index (χ3n) is 4.74. The first kappa shape index (κ1) is 18.6. The van der Waals surface area contributed by atoms with Crippen LogP contribution in [0.4, 0.5) is 0 Å². The molecule has 0 spiro atoms. The molecule has 2 aromatic heterocycles. The van der Waals surface area contributed by atoms with Gasteiger partial charge in [-0.2, -0.15) is 5.10 Å². The van der Waals surface area contributed by atoms with Crippen LogP contribution >= 0.6 is 0 Å². The summed E-state index contributed by atoms with van der Waals surface area (Å²) in [6, 6.07) is 8.32. The van der Waals surface area contributed by atoms with Crippen LogP contribution in [0.3, 0.4) is 0 Å². The maximum absolute atomic E-state index is 12.4. The first-order valence-corrected chi connectivity index (χ1v) is 8.89. The number of carbonyl (C=O) groups excluding carboxylic acids is 1. The van der Waals surface area contributed by atoms with Crippen LogP contribution in [0.15, 0.2) is 33.9 Å². The fourth-order valence-electron chi connectivity index (χ4n) is 3.04. The fraction of sp³-hybridized carbons (Fsp3) is 0.368. The average Bonchev–Trinajstić information content (AvgIpc) is 3.08. The summed E-state index contributed by atoms with van der Waals surface area (Å²) in [6.07, 6.45) is 1.73. The zero-order chi connectivity index (χ0) is 19.6. The largest absolute Gasteiger partial charge is 0.355 e. The summed E-state index contributed by atoms with van der Waals surface area (Å²) in [5.41, 5.74) is 2.19. The highest BCUT2D eigenvalue weighted by molar-refractivity contribution is 5.85. The van der Waals surface area contributed by atoms with Gasteiger partial charge >= 0.3 is 5.69 Å². The van der Waals surface area contributed by atoms with Gasteiger partial charge in [0.05, 0.1) is 12.1 Å². The van der Waals surface area contributed by atoms with Crippen LogP contribution in [0.1, 0.15) is 23.7 Å². The van der Waals surface area contributed by atoms with Crippen molar-refractivity contribution < 1.29 is 4.79 Å². The van der Waals surface area contributed by atoms with Gasteiger partial charge in [-0.1, -0.05) is 31.2 Å². The molecule has 0 unspecified atom stereocenters. The smallest absolute Gasteiger partial charge is 0.332 e. The number of nitrogens with one attached hydrogen (secondary N) is 2. The van der Waals surface area contributed by atoms with Crippen LogP contribution in [-0.4, -0.2) is 31.8 Å². The van der Waals surface area contributed by atoms with E-state index in [-0.39, 0.29) is 23.4 Å². The quantitative estimate of drug-likeness (QED) is 0.658. The predicted molar refractivity (Wildman–Crippen MR) is 103 cm³/mol. The van der Waals surface area contributed by atoms with Crippen LogP contribution in [0.25, 0.3) is 11.0 Å². The van der Waals surface area contributed by atoms with Crippen molar-refractivity contribution in [3.8, 4) is 0 Å². The summed E-state index contributed by atoms with van der Waals surface area (Å²) in [6.45, 7) is 2.62. The zero-order valence-corrected chi connectivity index (χ0v) is 15.7. The number of rotatable bonds is 6. The monoisotopic (exact) mass is 369 g/mol. The molecule has 2 heterocycles. The van der Waals surface area contributed by atoms with Gasteiger partial charge in [0.15, 0.2) is 5.65 Å². The van der Waals surface area contributed by atoms with Gasteiger partial charge in [-0.3, -0.25) is 23.8 Å². The van der Waals surface area contributed by atoms with E-state index in [0.717, 1.165) is 23.0 Å². The number of aromatic amines is 1. The van der Waals surface area contributed by atoms with Gasteiger partial charge in [-0.25, -0.2) is 4.79 Å². The lowest BCUT2D eigenvalue weighted by molar-refractivity contribution is -0.120. The molecule has 142 valence electrons. The van der Waals surface area contributed by atoms with Crippen molar-refractivity contribution in [1.29, 1.82) is 0 Å². The Morgan fingerprint density at radius 2 is 1.78 bits per heavy atom. The van der Waals surface area contributed by atoms with E-state index in [1.165, 1.54) is 17.2 Å². The van der Waals surface area contributed by atoms with Crippen LogP contribution in [0.5, 0.6) is 0 Å². The van der Waals surface area contributed by atoms with Gasteiger partial charge in [0.1, 0.15) is 5.39 Å². The molecule has 0 aliphatic rings. The minimum atomic E-state index is -0.458. The number of carbonyl (C=O) groups is 1. The van der Waals surface area contributed by atoms with Gasteiger partial charge in [-0.05, 0) is 24.0 Å². The molecule has 1 aromatic carbocycles. The Kier molecular flexibility index (Phi) is 5.25. The summed E-state index contributed by atoms with van der Waals surface area (Å²) in [4.78, 5) is 36.6. The highest BCUT2D eigenvalue weighted by Crippen LogP contribution is 2.10. The first-order valence-electron chi connectivity index (χ1n) is 8.89. The maximum atomic E-state index is 12.4. The van der Waals surface area contributed by atoms with Crippen LogP contribution in [-0.2, 0) is 38.2 Å². The normalized spacial score (nSPS) is 11.1. The second-order valence-electron chi connectivity index (χ2n) is 6.55. The topological polar surface area (TPSA) is 102 Å². The molecular weight excluding hydrogens is 346 g/mol. The van der Waals surface area contributed by atoms with Gasteiger partial charge < -0.3 is 5.32 Å². The molecule has 2 N–H and O–H groups in total.